The molecule has 0 saturated carbocycles. The number of nitrogens with zero attached hydrogens (tertiary/aromatic N) is 2. The third-order valence-corrected chi connectivity index (χ3v) is 6.05. The lowest BCUT2D eigenvalue weighted by atomic mass is 10.0. The minimum absolute atomic E-state index is 0.0875. The molecule has 5 heteroatoms. The van der Waals surface area contributed by atoms with Crippen molar-refractivity contribution in [3.63, 3.8) is 0 Å². The van der Waals surface area contributed by atoms with E-state index in [0.29, 0.717) is 24.6 Å². The third-order valence-electron chi connectivity index (χ3n) is 6.05. The molecule has 34 heavy (non-hydrogen) atoms. The molecule has 0 radical (unpaired) electrons. The van der Waals surface area contributed by atoms with Crippen molar-refractivity contribution in [2.45, 2.75) is 52.6 Å². The number of hydrogen-bond donors (Lipinski definition) is 1. The molecule has 4 rings (SSSR count). The lowest BCUT2D eigenvalue weighted by Gasteiger charge is -2.12. The van der Waals surface area contributed by atoms with E-state index < -0.39 is 0 Å². The van der Waals surface area contributed by atoms with Crippen LogP contribution >= 0.6 is 0 Å². The van der Waals surface area contributed by atoms with Crippen molar-refractivity contribution in [2.75, 3.05) is 6.61 Å². The number of hydrogen-bond acceptors (Lipinski definition) is 3. The SMILES string of the molecule is Cc1ccc(C(=O)NCc2nc3ccccc3n2CCCCOc2ccc(C(C)C)cc2)cc1. The first-order valence-corrected chi connectivity index (χ1v) is 12.0. The predicted octanol–water partition coefficient (Wildman–Crippen LogP) is 6.26. The van der Waals surface area contributed by atoms with Gasteiger partial charge in [-0.1, -0.05) is 55.8 Å². The molecule has 0 aliphatic heterocycles. The Morgan fingerprint density at radius 1 is 0.971 bits per heavy atom. The molecule has 0 saturated heterocycles. The number of aromatic nitrogens is 2. The van der Waals surface area contributed by atoms with Crippen molar-refractivity contribution in [1.82, 2.24) is 14.9 Å². The number of benzene rings is 3. The fourth-order valence-electron chi connectivity index (χ4n) is 3.99. The molecule has 0 bridgehead atoms. The van der Waals surface area contributed by atoms with Gasteiger partial charge in [0.15, 0.2) is 0 Å². The molecule has 0 aliphatic rings. The molecule has 0 unspecified atom stereocenters. The highest BCUT2D eigenvalue weighted by molar-refractivity contribution is 5.94. The first kappa shape index (κ1) is 23.6. The second-order valence-electron chi connectivity index (χ2n) is 9.00. The van der Waals surface area contributed by atoms with E-state index in [1.807, 2.05) is 61.5 Å². The van der Waals surface area contributed by atoms with E-state index >= 15 is 0 Å². The van der Waals surface area contributed by atoms with E-state index in [2.05, 4.69) is 41.9 Å². The molecule has 4 aromatic rings. The Labute approximate surface area is 201 Å². The first-order valence-electron chi connectivity index (χ1n) is 12.0. The number of imidazole rings is 1. The van der Waals surface area contributed by atoms with Gasteiger partial charge in [0, 0.05) is 12.1 Å². The maximum absolute atomic E-state index is 12.6. The van der Waals surface area contributed by atoms with Crippen LogP contribution in [0.1, 0.15) is 59.9 Å². The smallest absolute Gasteiger partial charge is 0.251 e. The molecule has 1 aromatic heterocycles. The van der Waals surface area contributed by atoms with E-state index in [9.17, 15) is 4.79 Å². The highest BCUT2D eigenvalue weighted by Crippen LogP contribution is 2.20. The zero-order valence-corrected chi connectivity index (χ0v) is 20.3. The van der Waals surface area contributed by atoms with Crippen molar-refractivity contribution in [1.29, 1.82) is 0 Å². The number of fused-ring (bicyclic) bond motifs is 1. The number of ether oxygens (including phenoxy) is 1. The maximum atomic E-state index is 12.6. The summed E-state index contributed by atoms with van der Waals surface area (Å²) in [5.41, 5.74) is 5.15. The van der Waals surface area contributed by atoms with Crippen molar-refractivity contribution in [3.8, 4) is 5.75 Å². The summed E-state index contributed by atoms with van der Waals surface area (Å²) in [6.45, 7) is 8.28. The van der Waals surface area contributed by atoms with E-state index in [1.165, 1.54) is 5.56 Å². The normalized spacial score (nSPS) is 11.2. The lowest BCUT2D eigenvalue weighted by molar-refractivity contribution is 0.0949. The predicted molar refractivity (Wildman–Crippen MR) is 137 cm³/mol. The van der Waals surface area contributed by atoms with Crippen LogP contribution < -0.4 is 10.1 Å². The van der Waals surface area contributed by atoms with Gasteiger partial charge < -0.3 is 14.6 Å². The van der Waals surface area contributed by atoms with Crippen molar-refractivity contribution >= 4 is 16.9 Å². The zero-order chi connectivity index (χ0) is 23.9. The molecule has 1 N–H and O–H groups in total. The summed E-state index contributed by atoms with van der Waals surface area (Å²) >= 11 is 0. The van der Waals surface area contributed by atoms with Gasteiger partial charge in [0.1, 0.15) is 11.6 Å². The van der Waals surface area contributed by atoms with E-state index in [-0.39, 0.29) is 5.91 Å². The molecule has 0 aliphatic carbocycles. The quantitative estimate of drug-likeness (QED) is 0.287. The van der Waals surface area contributed by atoms with Crippen LogP contribution in [0.15, 0.2) is 72.8 Å². The van der Waals surface area contributed by atoms with Gasteiger partial charge in [0.25, 0.3) is 5.91 Å². The van der Waals surface area contributed by atoms with Gasteiger partial charge in [-0.15, -0.1) is 0 Å². The van der Waals surface area contributed by atoms with Crippen LogP contribution in [0.25, 0.3) is 11.0 Å². The van der Waals surface area contributed by atoms with E-state index in [1.54, 1.807) is 0 Å². The molecular weight excluding hydrogens is 422 g/mol. The van der Waals surface area contributed by atoms with Crippen LogP contribution in [0.2, 0.25) is 0 Å². The molecule has 1 amide bonds. The molecule has 5 nitrogen and oxygen atoms in total. The van der Waals surface area contributed by atoms with Crippen LogP contribution in [0.5, 0.6) is 5.75 Å². The maximum Gasteiger partial charge on any atom is 0.251 e. The Hall–Kier alpha value is -3.60. The second kappa shape index (κ2) is 11.0. The minimum atomic E-state index is -0.0875. The van der Waals surface area contributed by atoms with Gasteiger partial charge in [-0.05, 0) is 67.6 Å². The molecular formula is C29H33N3O2. The number of unbranched alkanes of at least 4 members (excludes halogenated alkanes) is 1. The van der Waals surface area contributed by atoms with Crippen LogP contribution in [-0.4, -0.2) is 22.1 Å². The molecule has 1 heterocycles. The van der Waals surface area contributed by atoms with E-state index in [0.717, 1.165) is 47.6 Å². The number of carbonyl (C=O) groups is 1. The highest BCUT2D eigenvalue weighted by atomic mass is 16.5. The van der Waals surface area contributed by atoms with Crippen molar-refractivity contribution < 1.29 is 9.53 Å². The van der Waals surface area contributed by atoms with Gasteiger partial charge in [-0.25, -0.2) is 4.98 Å². The number of amides is 1. The topological polar surface area (TPSA) is 56.2 Å². The first-order chi connectivity index (χ1) is 16.5. The van der Waals surface area contributed by atoms with Gasteiger partial charge in [-0.3, -0.25) is 4.79 Å². The van der Waals surface area contributed by atoms with Crippen molar-refractivity contribution in [2.24, 2.45) is 0 Å². The summed E-state index contributed by atoms with van der Waals surface area (Å²) in [6, 6.07) is 24.1. The van der Waals surface area contributed by atoms with Gasteiger partial charge in [-0.2, -0.15) is 0 Å². The average molecular weight is 456 g/mol. The number of para-hydroxylation sites is 2. The fourth-order valence-corrected chi connectivity index (χ4v) is 3.99. The van der Waals surface area contributed by atoms with Gasteiger partial charge >= 0.3 is 0 Å². The summed E-state index contributed by atoms with van der Waals surface area (Å²) in [5, 5.41) is 3.02. The Balaban J connectivity index is 1.34. The van der Waals surface area contributed by atoms with Gasteiger partial charge in [0.2, 0.25) is 0 Å². The lowest BCUT2D eigenvalue weighted by Crippen LogP contribution is -2.24. The number of rotatable bonds is 10. The standard InChI is InChI=1S/C29H33N3O2/c1-21(2)23-14-16-25(17-15-23)34-19-7-6-18-32-27-9-5-4-8-26(27)31-28(32)20-30-29(33)24-12-10-22(3)11-13-24/h4-5,8-17,21H,6-7,18-20H2,1-3H3,(H,30,33). The summed E-state index contributed by atoms with van der Waals surface area (Å²) in [5.74, 6) is 2.22. The largest absolute Gasteiger partial charge is 0.494 e. The summed E-state index contributed by atoms with van der Waals surface area (Å²) in [7, 11) is 0. The number of carbonyl (C=O) groups excluding carboxylic acids is 1. The molecule has 0 spiro atoms. The Morgan fingerprint density at radius 3 is 2.44 bits per heavy atom. The molecule has 176 valence electrons. The minimum Gasteiger partial charge on any atom is -0.494 e. The van der Waals surface area contributed by atoms with Gasteiger partial charge in [0.05, 0.1) is 24.2 Å². The van der Waals surface area contributed by atoms with Crippen LogP contribution in [-0.2, 0) is 13.1 Å². The molecule has 3 aromatic carbocycles. The Morgan fingerprint density at radius 2 is 1.71 bits per heavy atom. The fraction of sp³-hybridized carbons (Fsp3) is 0.310. The van der Waals surface area contributed by atoms with Crippen LogP contribution in [0.4, 0.5) is 0 Å². The Bertz CT molecular complexity index is 1220. The summed E-state index contributed by atoms with van der Waals surface area (Å²) < 4.78 is 8.14. The second-order valence-corrected chi connectivity index (χ2v) is 9.00. The molecule has 0 fully saturated rings. The van der Waals surface area contributed by atoms with Crippen LogP contribution in [0, 0.1) is 6.92 Å². The summed E-state index contributed by atoms with van der Waals surface area (Å²) in [6.07, 6.45) is 1.90. The average Bonchev–Trinajstić information content (AvgIpc) is 3.20. The molecule has 0 atom stereocenters. The van der Waals surface area contributed by atoms with Crippen LogP contribution in [0.3, 0.4) is 0 Å². The van der Waals surface area contributed by atoms with E-state index in [4.69, 9.17) is 9.72 Å². The highest BCUT2D eigenvalue weighted by Gasteiger charge is 2.12. The summed E-state index contributed by atoms with van der Waals surface area (Å²) in [4.78, 5) is 17.4. The monoisotopic (exact) mass is 455 g/mol. The third kappa shape index (κ3) is 5.84. The zero-order valence-electron chi connectivity index (χ0n) is 20.3. The number of nitrogens with one attached hydrogen (secondary N) is 1. The van der Waals surface area contributed by atoms with Crippen molar-refractivity contribution in [3.05, 3.63) is 95.3 Å². The number of aryl methyl sites for hydroxylation is 2. The Kier molecular flexibility index (Phi) is 7.63.